The first-order chi connectivity index (χ1) is 5.35. The highest BCUT2D eigenvalue weighted by atomic mass is 17.1. The second-order valence-corrected chi connectivity index (χ2v) is 2.26. The monoisotopic (exact) mass is 163 g/mol. The molecule has 0 aromatic rings. The van der Waals surface area contributed by atoms with E-state index in [2.05, 4.69) is 16.7 Å². The molecule has 0 aliphatic heterocycles. The lowest BCUT2D eigenvalue weighted by atomic mass is 10.5. The van der Waals surface area contributed by atoms with Crippen molar-refractivity contribution in [1.82, 2.24) is 4.90 Å². The first kappa shape index (κ1) is 10.8. The fourth-order valence-electron chi connectivity index (χ4n) is 0.818. The molecule has 0 amide bonds. The van der Waals surface area contributed by atoms with Crippen LogP contribution in [0.25, 0.3) is 0 Å². The highest BCUT2D eigenvalue weighted by molar-refractivity contribution is 4.52. The molecule has 0 saturated heterocycles. The van der Waals surface area contributed by atoms with E-state index in [0.29, 0.717) is 6.61 Å². The van der Waals surface area contributed by atoms with E-state index in [4.69, 9.17) is 9.99 Å². The van der Waals surface area contributed by atoms with Crippen LogP contribution in [0.15, 0.2) is 0 Å². The van der Waals surface area contributed by atoms with Gasteiger partial charge < -0.3 is 4.74 Å². The third-order valence-electron chi connectivity index (χ3n) is 1.56. The molecular weight excluding hydrogens is 146 g/mol. The topological polar surface area (TPSA) is 41.9 Å². The quantitative estimate of drug-likeness (QED) is 0.437. The summed E-state index contributed by atoms with van der Waals surface area (Å²) >= 11 is 0. The standard InChI is InChI=1S/C7H17NO3/c1-3-8(4-6-10-2)5-7-11-9/h9H,3-7H2,1-2H3. The van der Waals surface area contributed by atoms with Crippen LogP contribution in [0.4, 0.5) is 0 Å². The molecule has 4 nitrogen and oxygen atoms in total. The summed E-state index contributed by atoms with van der Waals surface area (Å²) < 4.78 is 4.91. The van der Waals surface area contributed by atoms with Crippen molar-refractivity contribution < 1.29 is 14.9 Å². The van der Waals surface area contributed by atoms with Gasteiger partial charge in [0.25, 0.3) is 0 Å². The maximum atomic E-state index is 8.08. The van der Waals surface area contributed by atoms with Gasteiger partial charge in [-0.3, -0.25) is 10.2 Å². The summed E-state index contributed by atoms with van der Waals surface area (Å²) in [4.78, 5) is 6.11. The third-order valence-corrected chi connectivity index (χ3v) is 1.56. The lowest BCUT2D eigenvalue weighted by Gasteiger charge is -2.18. The van der Waals surface area contributed by atoms with Gasteiger partial charge in [0.1, 0.15) is 0 Å². The average Bonchev–Trinajstić information content (AvgIpc) is 2.05. The number of nitrogens with zero attached hydrogens (tertiary/aromatic N) is 1. The van der Waals surface area contributed by atoms with Crippen LogP contribution >= 0.6 is 0 Å². The molecule has 0 fully saturated rings. The normalized spacial score (nSPS) is 10.9. The van der Waals surface area contributed by atoms with E-state index in [0.717, 1.165) is 26.2 Å². The van der Waals surface area contributed by atoms with Crippen molar-refractivity contribution in [3.05, 3.63) is 0 Å². The van der Waals surface area contributed by atoms with Gasteiger partial charge >= 0.3 is 0 Å². The first-order valence-corrected chi connectivity index (χ1v) is 3.82. The summed E-state index contributed by atoms with van der Waals surface area (Å²) in [5.74, 6) is 0. The molecule has 0 aliphatic carbocycles. The van der Waals surface area contributed by atoms with Crippen LogP contribution in [0.1, 0.15) is 6.92 Å². The van der Waals surface area contributed by atoms with Gasteiger partial charge in [-0.15, -0.1) is 0 Å². The highest BCUT2D eigenvalue weighted by Gasteiger charge is 2.00. The van der Waals surface area contributed by atoms with Crippen LogP contribution in [0, 0.1) is 0 Å². The molecule has 0 aromatic carbocycles. The van der Waals surface area contributed by atoms with E-state index < -0.39 is 0 Å². The Bertz CT molecular complexity index is 72.1. The number of hydrogen-bond donors (Lipinski definition) is 1. The van der Waals surface area contributed by atoms with Gasteiger partial charge in [0.15, 0.2) is 0 Å². The lowest BCUT2D eigenvalue weighted by Crippen LogP contribution is -2.30. The number of rotatable bonds is 7. The van der Waals surface area contributed by atoms with Gasteiger partial charge in [-0.1, -0.05) is 6.92 Å². The van der Waals surface area contributed by atoms with Crippen LogP contribution in [-0.4, -0.2) is 50.1 Å². The Morgan fingerprint density at radius 1 is 1.27 bits per heavy atom. The Morgan fingerprint density at radius 2 is 1.91 bits per heavy atom. The van der Waals surface area contributed by atoms with Crippen LogP contribution < -0.4 is 0 Å². The molecule has 1 N–H and O–H groups in total. The van der Waals surface area contributed by atoms with E-state index in [1.807, 2.05) is 0 Å². The van der Waals surface area contributed by atoms with Crippen molar-refractivity contribution in [2.45, 2.75) is 6.92 Å². The molecule has 0 aliphatic rings. The number of methoxy groups -OCH3 is 1. The van der Waals surface area contributed by atoms with Gasteiger partial charge in [-0.05, 0) is 6.54 Å². The Morgan fingerprint density at radius 3 is 2.36 bits per heavy atom. The molecule has 0 unspecified atom stereocenters. The molecule has 0 saturated carbocycles. The minimum Gasteiger partial charge on any atom is -0.383 e. The third kappa shape index (κ3) is 6.25. The number of ether oxygens (including phenoxy) is 1. The highest BCUT2D eigenvalue weighted by Crippen LogP contribution is 1.86. The molecule has 0 spiro atoms. The number of likely N-dealkylation sites (N-methyl/N-ethyl adjacent to an activating group) is 1. The molecule has 0 heterocycles. The van der Waals surface area contributed by atoms with E-state index in [1.54, 1.807) is 7.11 Å². The largest absolute Gasteiger partial charge is 0.383 e. The minimum atomic E-state index is 0.359. The second-order valence-electron chi connectivity index (χ2n) is 2.26. The zero-order chi connectivity index (χ0) is 8.53. The second kappa shape index (κ2) is 7.94. The summed E-state index contributed by atoms with van der Waals surface area (Å²) in [5.41, 5.74) is 0. The smallest absolute Gasteiger partial charge is 0.0946 e. The van der Waals surface area contributed by atoms with Crippen LogP contribution in [0.2, 0.25) is 0 Å². The number of hydrogen-bond acceptors (Lipinski definition) is 4. The SMILES string of the molecule is CCN(CCOC)CCOO. The molecule has 0 aromatic heterocycles. The molecule has 0 radical (unpaired) electrons. The Kier molecular flexibility index (Phi) is 7.83. The van der Waals surface area contributed by atoms with E-state index in [-0.39, 0.29) is 0 Å². The molecular formula is C7H17NO3. The van der Waals surface area contributed by atoms with E-state index >= 15 is 0 Å². The van der Waals surface area contributed by atoms with Gasteiger partial charge in [0.05, 0.1) is 13.2 Å². The summed E-state index contributed by atoms with van der Waals surface area (Å²) in [5, 5.41) is 8.08. The zero-order valence-electron chi connectivity index (χ0n) is 7.25. The van der Waals surface area contributed by atoms with Gasteiger partial charge in [-0.2, -0.15) is 0 Å². The summed E-state index contributed by atoms with van der Waals surface area (Å²) in [7, 11) is 1.68. The molecule has 11 heavy (non-hydrogen) atoms. The summed E-state index contributed by atoms with van der Waals surface area (Å²) in [6.45, 7) is 5.73. The average molecular weight is 163 g/mol. The Labute approximate surface area is 67.6 Å². The first-order valence-electron chi connectivity index (χ1n) is 3.82. The minimum absolute atomic E-state index is 0.359. The van der Waals surface area contributed by atoms with Crippen LogP contribution in [-0.2, 0) is 9.62 Å². The Hall–Kier alpha value is -0.160. The fraction of sp³-hybridized carbons (Fsp3) is 1.00. The zero-order valence-corrected chi connectivity index (χ0v) is 7.25. The van der Waals surface area contributed by atoms with Crippen molar-refractivity contribution in [1.29, 1.82) is 0 Å². The van der Waals surface area contributed by atoms with Crippen molar-refractivity contribution in [3.8, 4) is 0 Å². The molecule has 4 heteroatoms. The molecule has 0 atom stereocenters. The molecule has 68 valence electrons. The van der Waals surface area contributed by atoms with Crippen molar-refractivity contribution in [3.63, 3.8) is 0 Å². The maximum absolute atomic E-state index is 8.08. The molecule has 0 rings (SSSR count). The predicted molar refractivity (Wildman–Crippen MR) is 42.6 cm³/mol. The van der Waals surface area contributed by atoms with Crippen LogP contribution in [0.5, 0.6) is 0 Å². The summed E-state index contributed by atoms with van der Waals surface area (Å²) in [6.07, 6.45) is 0. The van der Waals surface area contributed by atoms with Crippen LogP contribution in [0.3, 0.4) is 0 Å². The van der Waals surface area contributed by atoms with Gasteiger partial charge in [0.2, 0.25) is 0 Å². The van der Waals surface area contributed by atoms with Crippen molar-refractivity contribution >= 4 is 0 Å². The predicted octanol–water partition coefficient (Wildman–Crippen LogP) is 0.444. The van der Waals surface area contributed by atoms with Gasteiger partial charge in [-0.25, -0.2) is 4.89 Å². The van der Waals surface area contributed by atoms with Crippen molar-refractivity contribution in [2.24, 2.45) is 0 Å². The maximum Gasteiger partial charge on any atom is 0.0946 e. The van der Waals surface area contributed by atoms with E-state index in [1.165, 1.54) is 0 Å². The van der Waals surface area contributed by atoms with Gasteiger partial charge in [0, 0.05) is 20.2 Å². The van der Waals surface area contributed by atoms with Crippen molar-refractivity contribution in [2.75, 3.05) is 40.0 Å². The summed E-state index contributed by atoms with van der Waals surface area (Å²) in [6, 6.07) is 0. The Balaban J connectivity index is 3.25. The molecule has 0 bridgehead atoms. The lowest BCUT2D eigenvalue weighted by molar-refractivity contribution is -0.244. The van der Waals surface area contributed by atoms with E-state index in [9.17, 15) is 0 Å². The fourth-order valence-corrected chi connectivity index (χ4v) is 0.818.